The summed E-state index contributed by atoms with van der Waals surface area (Å²) in [6, 6.07) is 8.17. The summed E-state index contributed by atoms with van der Waals surface area (Å²) >= 11 is 0. The van der Waals surface area contributed by atoms with Crippen LogP contribution in [0.4, 0.5) is 0 Å². The van der Waals surface area contributed by atoms with E-state index in [0.29, 0.717) is 13.0 Å². The molecule has 0 aliphatic rings. The number of hydrogen-bond acceptors (Lipinski definition) is 4. The molecule has 110 valence electrons. The summed E-state index contributed by atoms with van der Waals surface area (Å²) in [6.07, 6.45) is 0.712. The molecule has 0 saturated heterocycles. The van der Waals surface area contributed by atoms with E-state index < -0.39 is 0 Å². The first-order valence-electron chi connectivity index (χ1n) is 7.06. The number of benzene rings is 1. The average molecular weight is 277 g/mol. The molecule has 1 aromatic heterocycles. The van der Waals surface area contributed by atoms with Crippen molar-refractivity contribution in [1.82, 2.24) is 14.5 Å². The van der Waals surface area contributed by atoms with Crippen molar-refractivity contribution in [2.24, 2.45) is 0 Å². The summed E-state index contributed by atoms with van der Waals surface area (Å²) in [5.74, 6) is 0.982. The highest BCUT2D eigenvalue weighted by Crippen LogP contribution is 2.24. The summed E-state index contributed by atoms with van der Waals surface area (Å²) in [5, 5.41) is 18.2. The van der Waals surface area contributed by atoms with E-state index in [0.717, 1.165) is 23.4 Å². The molecule has 0 aliphatic carbocycles. The normalized spacial score (nSPS) is 13.2. The second-order valence-electron chi connectivity index (χ2n) is 5.07. The van der Waals surface area contributed by atoms with Gasteiger partial charge in [0.05, 0.1) is 23.7 Å². The molecule has 1 atom stereocenters. The van der Waals surface area contributed by atoms with E-state index in [1.165, 1.54) is 0 Å². The van der Waals surface area contributed by atoms with Gasteiger partial charge in [-0.2, -0.15) is 0 Å². The smallest absolute Gasteiger partial charge is 0.127 e. The lowest BCUT2D eigenvalue weighted by Gasteiger charge is -2.24. The van der Waals surface area contributed by atoms with Gasteiger partial charge in [0.2, 0.25) is 0 Å². The molecular formula is C15H23N3O2. The summed E-state index contributed by atoms with van der Waals surface area (Å²) in [6.45, 7) is 3.77. The number of aryl methyl sites for hydroxylation is 1. The zero-order chi connectivity index (χ0) is 14.5. The Morgan fingerprint density at radius 3 is 2.70 bits per heavy atom. The van der Waals surface area contributed by atoms with Gasteiger partial charge in [-0.15, -0.1) is 0 Å². The monoisotopic (exact) mass is 277 g/mol. The molecule has 0 amide bonds. The third kappa shape index (κ3) is 3.00. The molecule has 5 nitrogen and oxygen atoms in total. The third-order valence-corrected chi connectivity index (χ3v) is 3.71. The molecule has 0 spiro atoms. The van der Waals surface area contributed by atoms with Crippen LogP contribution in [0.5, 0.6) is 0 Å². The van der Waals surface area contributed by atoms with Gasteiger partial charge in [0.25, 0.3) is 0 Å². The zero-order valence-electron chi connectivity index (χ0n) is 12.2. The van der Waals surface area contributed by atoms with Crippen molar-refractivity contribution < 1.29 is 10.2 Å². The molecule has 0 aliphatic heterocycles. The average Bonchev–Trinajstić information content (AvgIpc) is 2.83. The molecule has 2 rings (SSSR count). The second kappa shape index (κ2) is 6.83. The number of rotatable bonds is 7. The van der Waals surface area contributed by atoms with Crippen LogP contribution in [0.15, 0.2) is 24.3 Å². The van der Waals surface area contributed by atoms with Gasteiger partial charge in [-0.1, -0.05) is 12.1 Å². The van der Waals surface area contributed by atoms with Crippen molar-refractivity contribution in [3.63, 3.8) is 0 Å². The van der Waals surface area contributed by atoms with Crippen LogP contribution >= 0.6 is 0 Å². The Morgan fingerprint density at radius 1 is 1.25 bits per heavy atom. The van der Waals surface area contributed by atoms with E-state index in [-0.39, 0.29) is 19.3 Å². The summed E-state index contributed by atoms with van der Waals surface area (Å²) < 4.78 is 2.17. The minimum absolute atomic E-state index is 0.119. The number of fused-ring (bicyclic) bond motifs is 1. The van der Waals surface area contributed by atoms with Crippen LogP contribution in [0.1, 0.15) is 25.2 Å². The Labute approximate surface area is 119 Å². The van der Waals surface area contributed by atoms with Crippen molar-refractivity contribution >= 4 is 11.0 Å². The largest absolute Gasteiger partial charge is 0.396 e. The van der Waals surface area contributed by atoms with Crippen LogP contribution in [0.25, 0.3) is 11.0 Å². The Morgan fingerprint density at radius 2 is 2.00 bits per heavy atom. The van der Waals surface area contributed by atoms with Crippen LogP contribution in [0.3, 0.4) is 0 Å². The van der Waals surface area contributed by atoms with Crippen molar-refractivity contribution in [3.05, 3.63) is 30.1 Å². The Balaban J connectivity index is 2.39. The van der Waals surface area contributed by atoms with Crippen molar-refractivity contribution in [2.75, 3.05) is 26.8 Å². The lowest BCUT2D eigenvalue weighted by molar-refractivity contribution is 0.181. The van der Waals surface area contributed by atoms with Crippen molar-refractivity contribution in [2.45, 2.75) is 25.9 Å². The number of aromatic nitrogens is 2. The summed E-state index contributed by atoms with van der Waals surface area (Å²) in [7, 11) is 1.98. The minimum Gasteiger partial charge on any atom is -0.396 e. The number of para-hydroxylation sites is 2. The highest BCUT2D eigenvalue weighted by atomic mass is 16.3. The molecular weight excluding hydrogens is 254 g/mol. The quantitative estimate of drug-likeness (QED) is 0.803. The molecule has 0 saturated carbocycles. The molecule has 5 heteroatoms. The highest BCUT2D eigenvalue weighted by molar-refractivity contribution is 5.76. The van der Waals surface area contributed by atoms with Gasteiger partial charge in [-0.25, -0.2) is 4.98 Å². The predicted octanol–water partition coefficient (Wildman–Crippen LogP) is 1.40. The number of aliphatic hydroxyl groups is 2. The highest BCUT2D eigenvalue weighted by Gasteiger charge is 2.19. The standard InChI is InChI=1S/C15H23N3O2/c1-12(17(2)9-11-20)15-16-13-6-3-4-7-14(13)18(15)8-5-10-19/h3-4,6-7,12,19-20H,5,8-11H2,1-2H3. The fourth-order valence-corrected chi connectivity index (χ4v) is 2.43. The van der Waals surface area contributed by atoms with Crippen LogP contribution in [-0.4, -0.2) is 51.5 Å². The van der Waals surface area contributed by atoms with Gasteiger partial charge < -0.3 is 14.8 Å². The minimum atomic E-state index is 0.119. The van der Waals surface area contributed by atoms with Crippen molar-refractivity contribution in [1.29, 1.82) is 0 Å². The molecule has 1 unspecified atom stereocenters. The van der Waals surface area contributed by atoms with E-state index in [9.17, 15) is 0 Å². The van der Waals surface area contributed by atoms with E-state index in [2.05, 4.69) is 22.5 Å². The van der Waals surface area contributed by atoms with Gasteiger partial charge in [0.15, 0.2) is 0 Å². The number of hydrogen-bond donors (Lipinski definition) is 2. The first-order chi connectivity index (χ1) is 9.69. The fourth-order valence-electron chi connectivity index (χ4n) is 2.43. The molecule has 2 N–H and O–H groups in total. The molecule has 1 heterocycles. The van der Waals surface area contributed by atoms with E-state index >= 15 is 0 Å². The molecule has 0 bridgehead atoms. The van der Waals surface area contributed by atoms with E-state index in [1.807, 2.05) is 25.2 Å². The number of imidazole rings is 1. The first kappa shape index (κ1) is 15.0. The van der Waals surface area contributed by atoms with E-state index in [4.69, 9.17) is 15.2 Å². The molecule has 0 fully saturated rings. The van der Waals surface area contributed by atoms with Crippen molar-refractivity contribution in [3.8, 4) is 0 Å². The lowest BCUT2D eigenvalue weighted by atomic mass is 10.2. The van der Waals surface area contributed by atoms with Gasteiger partial charge in [0, 0.05) is 19.7 Å². The first-order valence-corrected chi connectivity index (χ1v) is 7.06. The van der Waals surface area contributed by atoms with Gasteiger partial charge >= 0.3 is 0 Å². The number of likely N-dealkylation sites (N-methyl/N-ethyl adjacent to an activating group) is 1. The van der Waals surface area contributed by atoms with Gasteiger partial charge in [-0.3, -0.25) is 4.90 Å². The van der Waals surface area contributed by atoms with Crippen LogP contribution in [0, 0.1) is 0 Å². The summed E-state index contributed by atoms with van der Waals surface area (Å²) in [5.41, 5.74) is 2.07. The Hall–Kier alpha value is -1.43. The lowest BCUT2D eigenvalue weighted by Crippen LogP contribution is -2.28. The molecule has 1 aromatic carbocycles. The Kier molecular flexibility index (Phi) is 5.11. The fraction of sp³-hybridized carbons (Fsp3) is 0.533. The molecule has 20 heavy (non-hydrogen) atoms. The second-order valence-corrected chi connectivity index (χ2v) is 5.07. The number of aliphatic hydroxyl groups excluding tert-OH is 2. The topological polar surface area (TPSA) is 61.5 Å². The predicted molar refractivity (Wildman–Crippen MR) is 79.6 cm³/mol. The zero-order valence-corrected chi connectivity index (χ0v) is 12.2. The SMILES string of the molecule is CC(c1nc2ccccc2n1CCCO)N(C)CCO. The maximum Gasteiger partial charge on any atom is 0.127 e. The molecule has 0 radical (unpaired) electrons. The maximum atomic E-state index is 9.08. The van der Waals surface area contributed by atoms with Gasteiger partial charge in [0.1, 0.15) is 5.82 Å². The number of nitrogens with zero attached hydrogens (tertiary/aromatic N) is 3. The summed E-state index contributed by atoms with van der Waals surface area (Å²) in [4.78, 5) is 6.81. The van der Waals surface area contributed by atoms with Gasteiger partial charge in [-0.05, 0) is 32.5 Å². The Bertz CT molecular complexity index is 553. The van der Waals surface area contributed by atoms with Crippen LogP contribution in [-0.2, 0) is 6.54 Å². The van der Waals surface area contributed by atoms with Crippen LogP contribution in [0.2, 0.25) is 0 Å². The van der Waals surface area contributed by atoms with Crippen LogP contribution < -0.4 is 0 Å². The third-order valence-electron chi connectivity index (χ3n) is 3.71. The maximum absolute atomic E-state index is 9.08. The molecule has 2 aromatic rings. The van der Waals surface area contributed by atoms with E-state index in [1.54, 1.807) is 0 Å².